The average Bonchev–Trinajstić information content (AvgIpc) is 3.68. The second-order valence-electron chi connectivity index (χ2n) is 9.15. The van der Waals surface area contributed by atoms with Crippen LogP contribution >= 0.6 is 0 Å². The fourth-order valence-electron chi connectivity index (χ4n) is 4.32. The number of aromatic nitrogens is 4. The number of hydrogen-bond acceptors (Lipinski definition) is 10. The summed E-state index contributed by atoms with van der Waals surface area (Å²) in [4.78, 5) is 45.9. The number of carboxylic acids is 1. The summed E-state index contributed by atoms with van der Waals surface area (Å²) >= 11 is 0. The van der Waals surface area contributed by atoms with Gasteiger partial charge in [-0.25, -0.2) is 13.9 Å². The molecule has 3 atom stereocenters. The molecule has 5 rings (SSSR count). The zero-order chi connectivity index (χ0) is 28.2. The van der Waals surface area contributed by atoms with E-state index >= 15 is 4.39 Å². The van der Waals surface area contributed by atoms with E-state index in [0.717, 1.165) is 0 Å². The zero-order valence-corrected chi connectivity index (χ0v) is 20.9. The zero-order valence-electron chi connectivity index (χ0n) is 20.9. The number of hydrogen-bond donors (Lipinski definition) is 4. The number of rotatable bonds is 11. The van der Waals surface area contributed by atoms with Gasteiger partial charge in [0.25, 0.3) is 0 Å². The first-order chi connectivity index (χ1) is 19.3. The highest BCUT2D eigenvalue weighted by molar-refractivity contribution is 5.90. The third-order valence-electron chi connectivity index (χ3n) is 6.29. The molecule has 208 valence electrons. The van der Waals surface area contributed by atoms with Gasteiger partial charge in [0.05, 0.1) is 42.8 Å². The molecule has 5 N–H and O–H groups in total. The molecular formula is C25H25FN8O6. The van der Waals surface area contributed by atoms with Crippen LogP contribution in [0.3, 0.4) is 0 Å². The van der Waals surface area contributed by atoms with E-state index < -0.39 is 42.0 Å². The molecule has 0 spiro atoms. The molecule has 14 nitrogen and oxygen atoms in total. The fraction of sp³-hybridized carbons (Fsp3) is 0.280. The van der Waals surface area contributed by atoms with Gasteiger partial charge in [0.1, 0.15) is 24.1 Å². The van der Waals surface area contributed by atoms with Gasteiger partial charge >= 0.3 is 12.1 Å². The number of nitrogens with two attached hydrogens (primary N) is 1. The number of amides is 2. The molecule has 1 saturated heterocycles. The summed E-state index contributed by atoms with van der Waals surface area (Å²) < 4.78 is 22.0. The minimum atomic E-state index is -1.20. The van der Waals surface area contributed by atoms with Crippen LogP contribution in [0.4, 0.5) is 14.9 Å². The van der Waals surface area contributed by atoms with Crippen LogP contribution in [0.5, 0.6) is 0 Å². The molecule has 0 bridgehead atoms. The number of carbonyl (C=O) groups is 3. The van der Waals surface area contributed by atoms with Crippen LogP contribution in [-0.4, -0.2) is 74.4 Å². The lowest BCUT2D eigenvalue weighted by Crippen LogP contribution is -2.43. The Morgan fingerprint density at radius 3 is 2.83 bits per heavy atom. The van der Waals surface area contributed by atoms with Crippen LogP contribution in [0.15, 0.2) is 55.0 Å². The van der Waals surface area contributed by atoms with E-state index in [9.17, 15) is 19.5 Å². The number of primary amides is 1. The van der Waals surface area contributed by atoms with Crippen LogP contribution in [0, 0.1) is 5.82 Å². The molecule has 2 amide bonds. The molecule has 40 heavy (non-hydrogen) atoms. The van der Waals surface area contributed by atoms with Crippen molar-refractivity contribution in [3.63, 3.8) is 0 Å². The van der Waals surface area contributed by atoms with Gasteiger partial charge in [0.2, 0.25) is 5.91 Å². The highest BCUT2D eigenvalue weighted by Gasteiger charge is 2.33. The number of nitrogens with zero attached hydrogens (tertiary/aromatic N) is 5. The monoisotopic (exact) mass is 552 g/mol. The smallest absolute Gasteiger partial charge is 0.414 e. The number of carboxylic acid groups (broad SMARTS) is 1. The number of halogens is 1. The first kappa shape index (κ1) is 26.7. The van der Waals surface area contributed by atoms with Crippen molar-refractivity contribution in [3.8, 4) is 11.1 Å². The molecular weight excluding hydrogens is 527 g/mol. The highest BCUT2D eigenvalue weighted by Crippen LogP contribution is 2.30. The second kappa shape index (κ2) is 11.5. The highest BCUT2D eigenvalue weighted by atomic mass is 19.1. The largest absolute Gasteiger partial charge is 0.480 e. The summed E-state index contributed by atoms with van der Waals surface area (Å²) in [5.74, 6) is -2.46. The van der Waals surface area contributed by atoms with Crippen molar-refractivity contribution < 1.29 is 33.5 Å². The SMILES string of the molecule is NC(=O)C[C@H](NC[C@@H]1C=C(c2ccc(-c3ccc(N4C[C@H](Cn5ccnn5)OC4=O)cc3F)cn2)NO1)C(=O)O. The third-order valence-corrected chi connectivity index (χ3v) is 6.29. The van der Waals surface area contributed by atoms with Crippen LogP contribution < -0.4 is 21.4 Å². The molecule has 1 fully saturated rings. The number of ether oxygens (including phenoxy) is 1. The Morgan fingerprint density at radius 2 is 2.15 bits per heavy atom. The van der Waals surface area contributed by atoms with E-state index in [1.54, 1.807) is 41.2 Å². The number of benzene rings is 1. The van der Waals surface area contributed by atoms with E-state index in [-0.39, 0.29) is 19.5 Å². The first-order valence-corrected chi connectivity index (χ1v) is 12.2. The second-order valence-corrected chi connectivity index (χ2v) is 9.15. The number of nitrogens with one attached hydrogen (secondary N) is 2. The van der Waals surface area contributed by atoms with E-state index in [2.05, 4.69) is 26.1 Å². The fourth-order valence-corrected chi connectivity index (χ4v) is 4.32. The predicted molar refractivity (Wildman–Crippen MR) is 136 cm³/mol. The van der Waals surface area contributed by atoms with Crippen LogP contribution in [0.25, 0.3) is 16.8 Å². The Hall–Kier alpha value is -4.89. The summed E-state index contributed by atoms with van der Waals surface area (Å²) in [6.45, 7) is 0.700. The number of aliphatic carboxylic acids is 1. The number of anilines is 1. The maximum Gasteiger partial charge on any atom is 0.414 e. The Morgan fingerprint density at radius 1 is 1.30 bits per heavy atom. The van der Waals surface area contributed by atoms with Crippen molar-refractivity contribution in [2.45, 2.75) is 31.2 Å². The van der Waals surface area contributed by atoms with Crippen molar-refractivity contribution >= 4 is 29.4 Å². The van der Waals surface area contributed by atoms with Crippen LogP contribution in [0.2, 0.25) is 0 Å². The minimum absolute atomic E-state index is 0.113. The lowest BCUT2D eigenvalue weighted by molar-refractivity contribution is -0.141. The number of carbonyl (C=O) groups excluding carboxylic acids is 2. The number of pyridine rings is 1. The van der Waals surface area contributed by atoms with Gasteiger partial charge < -0.3 is 20.9 Å². The van der Waals surface area contributed by atoms with Gasteiger partial charge in [-0.2, -0.15) is 0 Å². The molecule has 0 aliphatic carbocycles. The van der Waals surface area contributed by atoms with Crippen molar-refractivity contribution in [1.29, 1.82) is 0 Å². The average molecular weight is 553 g/mol. The standard InChI is InChI=1S/C25H25FN8O6/c26-19-7-15(34-13-17(39-25(34)38)12-33-6-5-30-32-33)2-3-18(19)14-1-4-20(28-10-14)21-8-16(40-31-21)11-29-22(24(36)37)9-23(27)35/h1-8,10,16-17,22,29,31H,9,11-13H2,(H2,27,35)(H,36,37)/t16-,17-,22-/m0/s1. The molecule has 2 aromatic heterocycles. The molecule has 0 saturated carbocycles. The third kappa shape index (κ3) is 6.05. The quantitative estimate of drug-likeness (QED) is 0.262. The summed E-state index contributed by atoms with van der Waals surface area (Å²) in [5.41, 5.74) is 10.1. The van der Waals surface area contributed by atoms with E-state index in [1.807, 2.05) is 0 Å². The van der Waals surface area contributed by atoms with E-state index in [0.29, 0.717) is 34.8 Å². The van der Waals surface area contributed by atoms with Crippen LogP contribution in [-0.2, 0) is 25.7 Å². The van der Waals surface area contributed by atoms with Gasteiger partial charge in [0.15, 0.2) is 0 Å². The Bertz CT molecular complexity index is 1430. The topological polar surface area (TPSA) is 187 Å². The van der Waals surface area contributed by atoms with Crippen molar-refractivity contribution in [1.82, 2.24) is 30.8 Å². The molecule has 2 aliphatic rings. The molecule has 0 unspecified atom stereocenters. The van der Waals surface area contributed by atoms with Crippen molar-refractivity contribution in [2.24, 2.45) is 5.73 Å². The van der Waals surface area contributed by atoms with Gasteiger partial charge in [-0.1, -0.05) is 11.3 Å². The van der Waals surface area contributed by atoms with Gasteiger partial charge in [-0.15, -0.1) is 5.10 Å². The molecule has 2 aliphatic heterocycles. The Kier molecular flexibility index (Phi) is 7.65. The number of cyclic esters (lactones) is 1. The molecule has 1 aromatic carbocycles. The van der Waals surface area contributed by atoms with Gasteiger partial charge in [-0.05, 0) is 30.3 Å². The summed E-state index contributed by atoms with van der Waals surface area (Å²) in [6.07, 6.45) is 4.53. The molecule has 4 heterocycles. The maximum atomic E-state index is 15.1. The summed E-state index contributed by atoms with van der Waals surface area (Å²) in [5, 5.41) is 19.5. The molecule has 3 aromatic rings. The van der Waals surface area contributed by atoms with E-state index in [4.69, 9.17) is 15.3 Å². The van der Waals surface area contributed by atoms with Gasteiger partial charge in [0, 0.05) is 30.1 Å². The van der Waals surface area contributed by atoms with Crippen LogP contribution in [0.1, 0.15) is 12.1 Å². The molecule has 0 radical (unpaired) electrons. The Labute approximate surface area is 226 Å². The predicted octanol–water partition coefficient (Wildman–Crippen LogP) is 0.667. The minimum Gasteiger partial charge on any atom is -0.480 e. The van der Waals surface area contributed by atoms with Crippen molar-refractivity contribution in [3.05, 3.63) is 66.5 Å². The number of hydroxylamine groups is 1. The van der Waals surface area contributed by atoms with E-state index in [1.165, 1.54) is 23.4 Å². The first-order valence-electron chi connectivity index (χ1n) is 12.2. The lowest BCUT2D eigenvalue weighted by Gasteiger charge is -2.14. The van der Waals surface area contributed by atoms with Crippen molar-refractivity contribution in [2.75, 3.05) is 18.0 Å². The lowest BCUT2D eigenvalue weighted by atomic mass is 10.1. The molecule has 15 heteroatoms. The Balaban J connectivity index is 1.21. The summed E-state index contributed by atoms with van der Waals surface area (Å²) in [6, 6.07) is 6.73. The van der Waals surface area contributed by atoms with Gasteiger partial charge in [-0.3, -0.25) is 29.8 Å². The summed E-state index contributed by atoms with van der Waals surface area (Å²) in [7, 11) is 0. The normalized spacial score (nSPS) is 19.2. The maximum absolute atomic E-state index is 15.1.